The highest BCUT2D eigenvalue weighted by molar-refractivity contribution is 7.90. The van der Waals surface area contributed by atoms with Crippen molar-refractivity contribution in [3.8, 4) is 0 Å². The highest BCUT2D eigenvalue weighted by atomic mass is 32.2. The van der Waals surface area contributed by atoms with Crippen molar-refractivity contribution >= 4 is 26.9 Å². The maximum Gasteiger partial charge on any atom is 0.410 e. The van der Waals surface area contributed by atoms with Crippen LogP contribution in [0.2, 0.25) is 0 Å². The van der Waals surface area contributed by atoms with E-state index < -0.39 is 32.2 Å². The third kappa shape index (κ3) is 5.33. The van der Waals surface area contributed by atoms with Crippen molar-refractivity contribution in [1.82, 2.24) is 9.21 Å². The van der Waals surface area contributed by atoms with Crippen LogP contribution in [-0.4, -0.2) is 70.9 Å². The van der Waals surface area contributed by atoms with Gasteiger partial charge in [0.05, 0.1) is 5.25 Å². The van der Waals surface area contributed by atoms with Crippen LogP contribution in [0.3, 0.4) is 0 Å². The highest BCUT2D eigenvalue weighted by Crippen LogP contribution is 2.23. The van der Waals surface area contributed by atoms with Crippen molar-refractivity contribution in [2.24, 2.45) is 5.92 Å². The smallest absolute Gasteiger partial charge is 0.410 e. The molecule has 1 aromatic carbocycles. The van der Waals surface area contributed by atoms with Gasteiger partial charge in [-0.15, -0.1) is 0 Å². The van der Waals surface area contributed by atoms with Crippen LogP contribution in [0.5, 0.6) is 0 Å². The second-order valence-electron chi connectivity index (χ2n) is 7.57. The summed E-state index contributed by atoms with van der Waals surface area (Å²) in [6.45, 7) is 3.42. The molecule has 3 rings (SSSR count). The number of amides is 1. The lowest BCUT2D eigenvalue weighted by molar-refractivity contribution is 0.0896. The standard InChI is InChI=1S/C19H28N2O5S2/c1-16-12-21(10-11-27(23)15-16)28(24,25)18-8-5-9-20(13-18)19(22)26-14-17-6-3-2-4-7-17/h2-4,6-7,16,18H,5,8-15H2,1H3/t16-,18-,27-/m1/s1. The van der Waals surface area contributed by atoms with Crippen molar-refractivity contribution in [1.29, 1.82) is 0 Å². The Morgan fingerprint density at radius 1 is 1.21 bits per heavy atom. The van der Waals surface area contributed by atoms with Gasteiger partial charge >= 0.3 is 6.09 Å². The minimum absolute atomic E-state index is 0.0636. The molecule has 2 aliphatic heterocycles. The second kappa shape index (κ2) is 9.37. The lowest BCUT2D eigenvalue weighted by Crippen LogP contribution is -2.50. The van der Waals surface area contributed by atoms with E-state index in [1.807, 2.05) is 37.3 Å². The van der Waals surface area contributed by atoms with Gasteiger partial charge in [0.1, 0.15) is 6.61 Å². The molecule has 2 fully saturated rings. The summed E-state index contributed by atoms with van der Waals surface area (Å²) in [5.74, 6) is 0.974. The lowest BCUT2D eigenvalue weighted by atomic mass is 10.1. The summed E-state index contributed by atoms with van der Waals surface area (Å²) in [7, 11) is -4.52. The zero-order valence-electron chi connectivity index (χ0n) is 16.2. The fourth-order valence-electron chi connectivity index (χ4n) is 3.70. The van der Waals surface area contributed by atoms with E-state index in [4.69, 9.17) is 4.74 Å². The number of ether oxygens (including phenoxy) is 1. The molecule has 1 aromatic rings. The van der Waals surface area contributed by atoms with E-state index in [2.05, 4.69) is 0 Å². The van der Waals surface area contributed by atoms with Crippen molar-refractivity contribution in [3.05, 3.63) is 35.9 Å². The van der Waals surface area contributed by atoms with Gasteiger partial charge in [-0.25, -0.2) is 17.5 Å². The van der Waals surface area contributed by atoms with Gasteiger partial charge in [-0.2, -0.15) is 0 Å². The molecule has 156 valence electrons. The monoisotopic (exact) mass is 428 g/mol. The molecule has 0 radical (unpaired) electrons. The van der Waals surface area contributed by atoms with Crippen LogP contribution in [0.1, 0.15) is 25.3 Å². The number of carbonyl (C=O) groups is 1. The molecule has 2 saturated heterocycles. The number of likely N-dealkylation sites (tertiary alicyclic amines) is 1. The zero-order valence-corrected chi connectivity index (χ0v) is 17.8. The Morgan fingerprint density at radius 3 is 2.71 bits per heavy atom. The van der Waals surface area contributed by atoms with E-state index >= 15 is 0 Å². The number of carbonyl (C=O) groups excluding carboxylic acids is 1. The molecule has 0 spiro atoms. The Labute approximate surface area is 169 Å². The predicted molar refractivity (Wildman–Crippen MR) is 109 cm³/mol. The maximum absolute atomic E-state index is 13.1. The summed E-state index contributed by atoms with van der Waals surface area (Å²) in [5, 5.41) is -0.635. The van der Waals surface area contributed by atoms with Crippen molar-refractivity contribution in [3.63, 3.8) is 0 Å². The number of hydrogen-bond donors (Lipinski definition) is 0. The van der Waals surface area contributed by atoms with Gasteiger partial charge in [0.2, 0.25) is 10.0 Å². The molecule has 9 heteroatoms. The summed E-state index contributed by atoms with van der Waals surface area (Å²) in [6, 6.07) is 9.40. The van der Waals surface area contributed by atoms with Crippen LogP contribution in [-0.2, 0) is 32.2 Å². The SMILES string of the molecule is C[C@@H]1CN(S(=O)(=O)[C@@H]2CCCN(C(=O)OCc3ccccc3)C2)CC[S@@](=O)C1. The first-order valence-corrected chi connectivity index (χ1v) is 12.6. The summed E-state index contributed by atoms with van der Waals surface area (Å²) >= 11 is 0. The minimum atomic E-state index is -3.55. The van der Waals surface area contributed by atoms with Gasteiger partial charge in [-0.05, 0) is 24.3 Å². The quantitative estimate of drug-likeness (QED) is 0.730. The lowest BCUT2D eigenvalue weighted by Gasteiger charge is -2.34. The molecule has 3 atom stereocenters. The van der Waals surface area contributed by atoms with E-state index in [9.17, 15) is 17.4 Å². The first-order chi connectivity index (χ1) is 13.4. The van der Waals surface area contributed by atoms with Gasteiger partial charge in [0.15, 0.2) is 0 Å². The first kappa shape index (κ1) is 21.3. The van der Waals surface area contributed by atoms with Crippen molar-refractivity contribution in [2.75, 3.05) is 37.7 Å². The van der Waals surface area contributed by atoms with Crippen LogP contribution in [0, 0.1) is 5.92 Å². The minimum Gasteiger partial charge on any atom is -0.445 e. The molecule has 7 nitrogen and oxygen atoms in total. The summed E-state index contributed by atoms with van der Waals surface area (Å²) < 4.78 is 45.0. The van der Waals surface area contributed by atoms with Crippen LogP contribution in [0.25, 0.3) is 0 Å². The van der Waals surface area contributed by atoms with E-state index in [0.717, 1.165) is 5.56 Å². The molecule has 28 heavy (non-hydrogen) atoms. The van der Waals surface area contributed by atoms with Gasteiger partial charge in [-0.1, -0.05) is 37.3 Å². The molecule has 0 aromatic heterocycles. The summed E-state index contributed by atoms with van der Waals surface area (Å²) in [5.41, 5.74) is 0.892. The third-order valence-electron chi connectivity index (χ3n) is 5.18. The number of hydrogen-bond acceptors (Lipinski definition) is 5. The predicted octanol–water partition coefficient (Wildman–Crippen LogP) is 1.82. The molecule has 2 heterocycles. The molecule has 0 saturated carbocycles. The molecule has 2 aliphatic rings. The average Bonchev–Trinajstić information content (AvgIpc) is 2.87. The first-order valence-electron chi connectivity index (χ1n) is 9.66. The van der Waals surface area contributed by atoms with Gasteiger partial charge in [0, 0.05) is 48.5 Å². The normalized spacial score (nSPS) is 27.2. The number of sulfonamides is 1. The van der Waals surface area contributed by atoms with Gasteiger partial charge in [-0.3, -0.25) is 4.21 Å². The van der Waals surface area contributed by atoms with Crippen LogP contribution < -0.4 is 0 Å². The number of benzene rings is 1. The average molecular weight is 429 g/mol. The van der Waals surface area contributed by atoms with Crippen LogP contribution in [0.15, 0.2) is 30.3 Å². The van der Waals surface area contributed by atoms with E-state index in [0.29, 0.717) is 37.4 Å². The molecular formula is C19H28N2O5S2. The third-order valence-corrected chi connectivity index (χ3v) is 9.03. The molecular weight excluding hydrogens is 400 g/mol. The zero-order chi connectivity index (χ0) is 20.1. The highest BCUT2D eigenvalue weighted by Gasteiger charge is 2.38. The fourth-order valence-corrected chi connectivity index (χ4v) is 7.20. The molecule has 0 bridgehead atoms. The second-order valence-corrected chi connectivity index (χ2v) is 11.4. The van der Waals surface area contributed by atoms with E-state index in [-0.39, 0.29) is 25.6 Å². The van der Waals surface area contributed by atoms with Gasteiger partial charge < -0.3 is 9.64 Å². The number of rotatable bonds is 4. The van der Waals surface area contributed by atoms with Crippen molar-refractivity contribution in [2.45, 2.75) is 31.6 Å². The molecule has 0 N–H and O–H groups in total. The molecule has 0 unspecified atom stereocenters. The van der Waals surface area contributed by atoms with Crippen LogP contribution in [0.4, 0.5) is 4.79 Å². The summed E-state index contributed by atoms with van der Waals surface area (Å²) in [6.07, 6.45) is 0.674. The van der Waals surface area contributed by atoms with E-state index in [1.54, 1.807) is 0 Å². The van der Waals surface area contributed by atoms with Crippen LogP contribution >= 0.6 is 0 Å². The Hall–Kier alpha value is -1.45. The van der Waals surface area contributed by atoms with Gasteiger partial charge in [0.25, 0.3) is 0 Å². The topological polar surface area (TPSA) is 84.0 Å². The molecule has 0 aliphatic carbocycles. The number of nitrogens with zero attached hydrogens (tertiary/aromatic N) is 2. The Morgan fingerprint density at radius 2 is 1.96 bits per heavy atom. The number of piperidine rings is 1. The Bertz CT molecular complexity index is 800. The van der Waals surface area contributed by atoms with Crippen molar-refractivity contribution < 1.29 is 22.2 Å². The fraction of sp³-hybridized carbons (Fsp3) is 0.632. The Balaban J connectivity index is 1.61. The molecule has 1 amide bonds. The maximum atomic E-state index is 13.1. The van der Waals surface area contributed by atoms with E-state index in [1.165, 1.54) is 9.21 Å². The largest absolute Gasteiger partial charge is 0.445 e. The summed E-state index contributed by atoms with van der Waals surface area (Å²) in [4.78, 5) is 13.9. The Kier molecular flexibility index (Phi) is 7.11.